The molecule has 16 heavy (non-hydrogen) atoms. The average molecular weight is 290 g/mol. The Morgan fingerprint density at radius 3 is 2.88 bits per heavy atom. The van der Waals surface area contributed by atoms with Gasteiger partial charge in [0, 0.05) is 19.3 Å². The fraction of sp³-hybridized carbons (Fsp3) is 0.444. The number of rotatable bonds is 6. The van der Waals surface area contributed by atoms with Gasteiger partial charge in [0.2, 0.25) is 0 Å². The number of nitrogens with zero attached hydrogens (tertiary/aromatic N) is 2. The number of hydrogen-bond donors (Lipinski definition) is 2. The Hall–Kier alpha value is -1.21. The SMILES string of the molecule is O=[N+]([O-])c1cncc(Br)c1NCCCCO. The summed E-state index contributed by atoms with van der Waals surface area (Å²) in [6.07, 6.45) is 4.13. The van der Waals surface area contributed by atoms with Crippen LogP contribution in [0.1, 0.15) is 12.8 Å². The quantitative estimate of drug-likeness (QED) is 0.475. The van der Waals surface area contributed by atoms with Crippen LogP contribution in [0.3, 0.4) is 0 Å². The van der Waals surface area contributed by atoms with Gasteiger partial charge in [0.25, 0.3) is 0 Å². The van der Waals surface area contributed by atoms with E-state index >= 15 is 0 Å². The number of halogens is 1. The Labute approximate surface area is 101 Å². The van der Waals surface area contributed by atoms with E-state index in [0.717, 1.165) is 6.42 Å². The van der Waals surface area contributed by atoms with E-state index in [0.29, 0.717) is 23.1 Å². The number of unbranched alkanes of at least 4 members (excludes halogenated alkanes) is 1. The number of aromatic nitrogens is 1. The molecule has 1 aromatic rings. The molecule has 0 bridgehead atoms. The van der Waals surface area contributed by atoms with Gasteiger partial charge in [0.15, 0.2) is 0 Å². The lowest BCUT2D eigenvalue weighted by Gasteiger charge is -2.07. The van der Waals surface area contributed by atoms with Crippen molar-refractivity contribution >= 4 is 27.3 Å². The second-order valence-electron chi connectivity index (χ2n) is 3.13. The molecule has 0 aliphatic carbocycles. The molecule has 1 heterocycles. The molecule has 7 heteroatoms. The largest absolute Gasteiger partial charge is 0.396 e. The Kier molecular flexibility index (Phi) is 5.13. The third-order valence-electron chi connectivity index (χ3n) is 1.96. The maximum absolute atomic E-state index is 10.7. The first kappa shape index (κ1) is 12.9. The number of aliphatic hydroxyl groups excluding tert-OH is 1. The highest BCUT2D eigenvalue weighted by Gasteiger charge is 2.16. The van der Waals surface area contributed by atoms with Crippen molar-refractivity contribution < 1.29 is 10.0 Å². The molecule has 6 nitrogen and oxygen atoms in total. The number of nitro groups is 1. The normalized spacial score (nSPS) is 10.1. The van der Waals surface area contributed by atoms with Gasteiger partial charge in [0.05, 0.1) is 9.40 Å². The van der Waals surface area contributed by atoms with E-state index in [1.54, 1.807) is 0 Å². The molecule has 0 aliphatic heterocycles. The maximum Gasteiger partial charge on any atom is 0.311 e. The summed E-state index contributed by atoms with van der Waals surface area (Å²) in [4.78, 5) is 14.0. The molecule has 0 unspecified atom stereocenters. The van der Waals surface area contributed by atoms with E-state index in [2.05, 4.69) is 26.2 Å². The highest BCUT2D eigenvalue weighted by atomic mass is 79.9. The second-order valence-corrected chi connectivity index (χ2v) is 3.98. The van der Waals surface area contributed by atoms with E-state index in [4.69, 9.17) is 5.11 Å². The molecule has 0 fully saturated rings. The van der Waals surface area contributed by atoms with Crippen LogP contribution < -0.4 is 5.32 Å². The van der Waals surface area contributed by atoms with Gasteiger partial charge in [-0.25, -0.2) is 0 Å². The van der Waals surface area contributed by atoms with Crippen molar-refractivity contribution in [3.63, 3.8) is 0 Å². The summed E-state index contributed by atoms with van der Waals surface area (Å²) in [6, 6.07) is 0. The maximum atomic E-state index is 10.7. The Balaban J connectivity index is 2.73. The van der Waals surface area contributed by atoms with Crippen LogP contribution in [0.25, 0.3) is 0 Å². The van der Waals surface area contributed by atoms with E-state index in [9.17, 15) is 10.1 Å². The van der Waals surface area contributed by atoms with Crippen molar-refractivity contribution in [1.29, 1.82) is 0 Å². The molecule has 0 amide bonds. The third-order valence-corrected chi connectivity index (χ3v) is 2.56. The average Bonchev–Trinajstić information content (AvgIpc) is 2.25. The van der Waals surface area contributed by atoms with Gasteiger partial charge >= 0.3 is 5.69 Å². The first-order valence-electron chi connectivity index (χ1n) is 4.79. The minimum absolute atomic E-state index is 0.0571. The van der Waals surface area contributed by atoms with Crippen LogP contribution in [0.2, 0.25) is 0 Å². The highest BCUT2D eigenvalue weighted by Crippen LogP contribution is 2.30. The lowest BCUT2D eigenvalue weighted by Crippen LogP contribution is -2.06. The predicted molar refractivity (Wildman–Crippen MR) is 63.4 cm³/mol. The van der Waals surface area contributed by atoms with Crippen LogP contribution in [-0.4, -0.2) is 28.2 Å². The summed E-state index contributed by atoms with van der Waals surface area (Å²) >= 11 is 3.21. The molecule has 0 radical (unpaired) electrons. The number of aliphatic hydroxyl groups is 1. The van der Waals surface area contributed by atoms with Gasteiger partial charge in [-0.15, -0.1) is 0 Å². The summed E-state index contributed by atoms with van der Waals surface area (Å²) in [5, 5.41) is 22.3. The Morgan fingerprint density at radius 2 is 2.25 bits per heavy atom. The molecule has 1 aromatic heterocycles. The minimum atomic E-state index is -0.480. The summed E-state index contributed by atoms with van der Waals surface area (Å²) in [7, 11) is 0. The molecule has 0 saturated heterocycles. The van der Waals surface area contributed by atoms with E-state index in [1.807, 2.05) is 0 Å². The van der Waals surface area contributed by atoms with Gasteiger partial charge < -0.3 is 10.4 Å². The smallest absolute Gasteiger partial charge is 0.311 e. The zero-order valence-corrected chi connectivity index (χ0v) is 10.1. The molecule has 0 aromatic carbocycles. The van der Waals surface area contributed by atoms with E-state index in [-0.39, 0.29) is 12.3 Å². The Bertz CT molecular complexity index is 373. The molecule has 1 rings (SSSR count). The molecule has 0 atom stereocenters. The van der Waals surface area contributed by atoms with Crippen LogP contribution in [0, 0.1) is 10.1 Å². The topological polar surface area (TPSA) is 88.3 Å². The summed E-state index contributed by atoms with van der Waals surface area (Å²) in [5.74, 6) is 0. The van der Waals surface area contributed by atoms with Gasteiger partial charge in [-0.2, -0.15) is 0 Å². The van der Waals surface area contributed by atoms with Gasteiger partial charge in [-0.1, -0.05) is 0 Å². The summed E-state index contributed by atoms with van der Waals surface area (Å²) < 4.78 is 0.561. The Morgan fingerprint density at radius 1 is 1.50 bits per heavy atom. The highest BCUT2D eigenvalue weighted by molar-refractivity contribution is 9.10. The van der Waals surface area contributed by atoms with Crippen molar-refractivity contribution in [3.8, 4) is 0 Å². The fourth-order valence-corrected chi connectivity index (χ4v) is 1.65. The predicted octanol–water partition coefficient (Wildman–Crippen LogP) is 1.94. The molecule has 88 valence electrons. The van der Waals surface area contributed by atoms with Crippen LogP contribution in [0.4, 0.5) is 11.4 Å². The van der Waals surface area contributed by atoms with Crippen molar-refractivity contribution in [2.45, 2.75) is 12.8 Å². The number of pyridine rings is 1. The molecule has 2 N–H and O–H groups in total. The zero-order valence-electron chi connectivity index (χ0n) is 8.52. The monoisotopic (exact) mass is 289 g/mol. The van der Waals surface area contributed by atoms with E-state index in [1.165, 1.54) is 12.4 Å². The van der Waals surface area contributed by atoms with Crippen LogP contribution in [-0.2, 0) is 0 Å². The lowest BCUT2D eigenvalue weighted by atomic mass is 10.3. The first-order chi connectivity index (χ1) is 7.66. The van der Waals surface area contributed by atoms with Gasteiger partial charge in [0.1, 0.15) is 11.9 Å². The molecule has 0 aliphatic rings. The van der Waals surface area contributed by atoms with Crippen molar-refractivity contribution in [2.75, 3.05) is 18.5 Å². The second kappa shape index (κ2) is 6.39. The summed E-state index contributed by atoms with van der Waals surface area (Å²) in [6.45, 7) is 0.700. The van der Waals surface area contributed by atoms with Gasteiger partial charge in [-0.05, 0) is 28.8 Å². The van der Waals surface area contributed by atoms with Crippen LogP contribution >= 0.6 is 15.9 Å². The first-order valence-corrected chi connectivity index (χ1v) is 5.58. The van der Waals surface area contributed by atoms with E-state index < -0.39 is 4.92 Å². The zero-order chi connectivity index (χ0) is 12.0. The molecule has 0 saturated carbocycles. The minimum Gasteiger partial charge on any atom is -0.396 e. The number of anilines is 1. The van der Waals surface area contributed by atoms with Crippen LogP contribution in [0.5, 0.6) is 0 Å². The fourth-order valence-electron chi connectivity index (χ4n) is 1.19. The molecule has 0 spiro atoms. The number of nitrogens with one attached hydrogen (secondary N) is 1. The van der Waals surface area contributed by atoms with Gasteiger partial charge in [-0.3, -0.25) is 15.1 Å². The lowest BCUT2D eigenvalue weighted by molar-refractivity contribution is -0.384. The van der Waals surface area contributed by atoms with Crippen molar-refractivity contribution in [2.24, 2.45) is 0 Å². The number of hydrogen-bond acceptors (Lipinski definition) is 5. The molecular formula is C9H12BrN3O3. The standard InChI is InChI=1S/C9H12BrN3O3/c10-7-5-11-6-8(13(15)16)9(7)12-3-1-2-4-14/h5-6,14H,1-4H2,(H,11,12). The van der Waals surface area contributed by atoms with Crippen molar-refractivity contribution in [1.82, 2.24) is 4.98 Å². The van der Waals surface area contributed by atoms with Crippen molar-refractivity contribution in [3.05, 3.63) is 27.0 Å². The van der Waals surface area contributed by atoms with Crippen LogP contribution in [0.15, 0.2) is 16.9 Å². The third kappa shape index (κ3) is 3.42. The molecular weight excluding hydrogens is 278 g/mol. The summed E-state index contributed by atoms with van der Waals surface area (Å²) in [5.41, 5.74) is 0.372.